The summed E-state index contributed by atoms with van der Waals surface area (Å²) in [7, 11) is 0. The van der Waals surface area contributed by atoms with E-state index >= 15 is 0 Å². The van der Waals surface area contributed by atoms with Gasteiger partial charge in [-0.3, -0.25) is 4.57 Å². The monoisotopic (exact) mass is 261 g/mol. The van der Waals surface area contributed by atoms with Crippen LogP contribution in [-0.2, 0) is 4.74 Å². The molecule has 0 radical (unpaired) electrons. The van der Waals surface area contributed by atoms with E-state index < -0.39 is 0 Å². The van der Waals surface area contributed by atoms with E-state index in [1.807, 2.05) is 11.8 Å². The number of hydrogen-bond acceptors (Lipinski definition) is 7. The first-order valence-electron chi connectivity index (χ1n) is 6.09. The van der Waals surface area contributed by atoms with Gasteiger partial charge in [0.2, 0.25) is 17.8 Å². The molecule has 1 aliphatic rings. The van der Waals surface area contributed by atoms with Crippen molar-refractivity contribution < 1.29 is 4.74 Å². The number of rotatable bonds is 2. The lowest BCUT2D eigenvalue weighted by molar-refractivity contribution is 0.0526. The van der Waals surface area contributed by atoms with Crippen LogP contribution in [0.4, 0.5) is 11.9 Å². The Balaban J connectivity index is 1.93. The largest absolute Gasteiger partial charge is 0.375 e. The lowest BCUT2D eigenvalue weighted by atomic mass is 10.3. The molecule has 0 spiro atoms. The molecule has 2 aromatic heterocycles. The van der Waals surface area contributed by atoms with Crippen molar-refractivity contribution in [3.63, 3.8) is 0 Å². The minimum absolute atomic E-state index is 0.156. The summed E-state index contributed by atoms with van der Waals surface area (Å²) in [5, 5.41) is 0. The van der Waals surface area contributed by atoms with Crippen molar-refractivity contribution in [2.75, 3.05) is 30.3 Å². The molecule has 0 aliphatic carbocycles. The van der Waals surface area contributed by atoms with Gasteiger partial charge < -0.3 is 15.4 Å². The number of nitrogen functional groups attached to an aromatic ring is 1. The highest BCUT2D eigenvalue weighted by atomic mass is 16.5. The Bertz CT molecular complexity index is 556. The molecule has 100 valence electrons. The van der Waals surface area contributed by atoms with Gasteiger partial charge in [-0.15, -0.1) is 0 Å². The summed E-state index contributed by atoms with van der Waals surface area (Å²) in [6.07, 6.45) is 5.21. The maximum Gasteiger partial charge on any atom is 0.241 e. The lowest BCUT2D eigenvalue weighted by Crippen LogP contribution is -2.42. The molecule has 1 saturated heterocycles. The first kappa shape index (κ1) is 11.8. The Morgan fingerprint density at radius 1 is 1.32 bits per heavy atom. The Labute approximate surface area is 110 Å². The van der Waals surface area contributed by atoms with Crippen LogP contribution in [0.1, 0.15) is 6.92 Å². The van der Waals surface area contributed by atoms with Crippen LogP contribution in [0, 0.1) is 0 Å². The quantitative estimate of drug-likeness (QED) is 0.804. The van der Waals surface area contributed by atoms with Crippen molar-refractivity contribution in [2.24, 2.45) is 0 Å². The highest BCUT2D eigenvalue weighted by Crippen LogP contribution is 2.15. The predicted molar refractivity (Wildman–Crippen MR) is 69.0 cm³/mol. The van der Waals surface area contributed by atoms with Gasteiger partial charge in [0.15, 0.2) is 0 Å². The Morgan fingerprint density at radius 2 is 2.16 bits per heavy atom. The van der Waals surface area contributed by atoms with E-state index in [4.69, 9.17) is 10.5 Å². The summed E-state index contributed by atoms with van der Waals surface area (Å²) in [4.78, 5) is 18.7. The number of anilines is 2. The first-order chi connectivity index (χ1) is 9.22. The number of nitrogens with two attached hydrogens (primary N) is 1. The standard InChI is InChI=1S/C11H15N7O/c1-8-6-17(4-5-19-8)10-14-9(12)15-11(16-10)18-3-2-13-7-18/h2-3,7-8H,4-6H2,1H3,(H2,12,14,15,16). The molecule has 8 nitrogen and oxygen atoms in total. The highest BCUT2D eigenvalue weighted by molar-refractivity contribution is 5.38. The molecule has 1 atom stereocenters. The summed E-state index contributed by atoms with van der Waals surface area (Å²) in [6, 6.07) is 0. The molecule has 3 rings (SSSR count). The third kappa shape index (κ3) is 2.48. The SMILES string of the molecule is CC1CN(c2nc(N)nc(-n3ccnc3)n2)CCO1. The summed E-state index contributed by atoms with van der Waals surface area (Å²) in [5.41, 5.74) is 5.75. The Kier molecular flexibility index (Phi) is 3.00. The van der Waals surface area contributed by atoms with Crippen LogP contribution in [-0.4, -0.2) is 50.3 Å². The van der Waals surface area contributed by atoms with Crippen molar-refractivity contribution >= 4 is 11.9 Å². The van der Waals surface area contributed by atoms with E-state index in [1.165, 1.54) is 0 Å². The molecule has 19 heavy (non-hydrogen) atoms. The highest BCUT2D eigenvalue weighted by Gasteiger charge is 2.20. The molecule has 2 aromatic rings. The second-order valence-electron chi connectivity index (χ2n) is 4.39. The number of hydrogen-bond donors (Lipinski definition) is 1. The van der Waals surface area contributed by atoms with Crippen LogP contribution in [0.5, 0.6) is 0 Å². The van der Waals surface area contributed by atoms with Crippen LogP contribution in [0.3, 0.4) is 0 Å². The molecule has 1 aliphatic heterocycles. The Morgan fingerprint density at radius 3 is 2.89 bits per heavy atom. The van der Waals surface area contributed by atoms with Gasteiger partial charge in [0.25, 0.3) is 0 Å². The van der Waals surface area contributed by atoms with Gasteiger partial charge in [0, 0.05) is 25.5 Å². The van der Waals surface area contributed by atoms with Crippen molar-refractivity contribution in [1.82, 2.24) is 24.5 Å². The van der Waals surface area contributed by atoms with Crippen LogP contribution in [0.25, 0.3) is 5.95 Å². The Hall–Kier alpha value is -2.22. The molecule has 1 unspecified atom stereocenters. The van der Waals surface area contributed by atoms with E-state index in [-0.39, 0.29) is 12.1 Å². The van der Waals surface area contributed by atoms with E-state index in [0.29, 0.717) is 18.5 Å². The third-order valence-electron chi connectivity index (χ3n) is 2.89. The summed E-state index contributed by atoms with van der Waals surface area (Å²) >= 11 is 0. The maximum atomic E-state index is 5.75. The summed E-state index contributed by atoms with van der Waals surface area (Å²) in [5.74, 6) is 1.25. The van der Waals surface area contributed by atoms with Gasteiger partial charge in [-0.05, 0) is 6.92 Å². The molecular formula is C11H15N7O. The zero-order valence-electron chi connectivity index (χ0n) is 10.6. The van der Waals surface area contributed by atoms with Crippen LogP contribution in [0.15, 0.2) is 18.7 Å². The van der Waals surface area contributed by atoms with E-state index in [0.717, 1.165) is 13.1 Å². The number of imidazole rings is 1. The van der Waals surface area contributed by atoms with Crippen molar-refractivity contribution in [3.8, 4) is 5.95 Å². The summed E-state index contributed by atoms with van der Waals surface area (Å²) < 4.78 is 7.20. The molecule has 2 N–H and O–H groups in total. The smallest absolute Gasteiger partial charge is 0.241 e. The minimum Gasteiger partial charge on any atom is -0.375 e. The number of aromatic nitrogens is 5. The van der Waals surface area contributed by atoms with Crippen LogP contribution in [0.2, 0.25) is 0 Å². The second-order valence-corrected chi connectivity index (χ2v) is 4.39. The average molecular weight is 261 g/mol. The van der Waals surface area contributed by atoms with Gasteiger partial charge in [0.05, 0.1) is 12.7 Å². The molecule has 0 aromatic carbocycles. The molecular weight excluding hydrogens is 246 g/mol. The molecule has 0 saturated carbocycles. The fourth-order valence-electron chi connectivity index (χ4n) is 2.00. The van der Waals surface area contributed by atoms with Crippen LogP contribution >= 0.6 is 0 Å². The number of nitrogens with zero attached hydrogens (tertiary/aromatic N) is 6. The molecule has 1 fully saturated rings. The zero-order valence-corrected chi connectivity index (χ0v) is 10.6. The second kappa shape index (κ2) is 4.81. The number of morpholine rings is 1. The van der Waals surface area contributed by atoms with E-state index in [2.05, 4.69) is 19.9 Å². The van der Waals surface area contributed by atoms with Gasteiger partial charge >= 0.3 is 0 Å². The molecule has 0 bridgehead atoms. The summed E-state index contributed by atoms with van der Waals surface area (Å²) in [6.45, 7) is 4.17. The first-order valence-corrected chi connectivity index (χ1v) is 6.09. The van der Waals surface area contributed by atoms with Crippen molar-refractivity contribution in [1.29, 1.82) is 0 Å². The fourth-order valence-corrected chi connectivity index (χ4v) is 2.00. The lowest BCUT2D eigenvalue weighted by Gasteiger charge is -2.31. The molecule has 8 heteroatoms. The minimum atomic E-state index is 0.156. The van der Waals surface area contributed by atoms with E-state index in [1.54, 1.807) is 23.3 Å². The van der Waals surface area contributed by atoms with Gasteiger partial charge in [0.1, 0.15) is 6.33 Å². The van der Waals surface area contributed by atoms with Crippen molar-refractivity contribution in [2.45, 2.75) is 13.0 Å². The zero-order chi connectivity index (χ0) is 13.2. The normalized spacial score (nSPS) is 19.6. The third-order valence-corrected chi connectivity index (χ3v) is 2.89. The van der Waals surface area contributed by atoms with Crippen LogP contribution < -0.4 is 10.6 Å². The maximum absolute atomic E-state index is 5.75. The average Bonchev–Trinajstić information content (AvgIpc) is 2.92. The van der Waals surface area contributed by atoms with Gasteiger partial charge in [-0.1, -0.05) is 0 Å². The van der Waals surface area contributed by atoms with Gasteiger partial charge in [-0.2, -0.15) is 15.0 Å². The number of ether oxygens (including phenoxy) is 1. The predicted octanol–water partition coefficient (Wildman–Crippen LogP) is -0.135. The topological polar surface area (TPSA) is 95.0 Å². The van der Waals surface area contributed by atoms with Gasteiger partial charge in [-0.25, -0.2) is 4.98 Å². The van der Waals surface area contributed by atoms with Crippen molar-refractivity contribution in [3.05, 3.63) is 18.7 Å². The molecule has 3 heterocycles. The molecule has 0 amide bonds. The van der Waals surface area contributed by atoms with E-state index in [9.17, 15) is 0 Å². The fraction of sp³-hybridized carbons (Fsp3) is 0.455.